The summed E-state index contributed by atoms with van der Waals surface area (Å²) in [4.78, 5) is 25.5. The van der Waals surface area contributed by atoms with Crippen LogP contribution < -0.4 is 10.2 Å². The van der Waals surface area contributed by atoms with Gasteiger partial charge in [0.15, 0.2) is 11.5 Å². The van der Waals surface area contributed by atoms with Crippen molar-refractivity contribution < 1.29 is 18.7 Å². The van der Waals surface area contributed by atoms with Crippen molar-refractivity contribution in [3.63, 3.8) is 0 Å². The molecule has 2 saturated carbocycles. The fourth-order valence-electron chi connectivity index (χ4n) is 5.25. The van der Waals surface area contributed by atoms with E-state index < -0.39 is 12.0 Å². The molecule has 1 spiro atoms. The molecule has 1 aromatic carbocycles. The quantitative estimate of drug-likeness (QED) is 0.448. The lowest BCUT2D eigenvalue weighted by molar-refractivity contribution is -0.106. The normalized spacial score (nSPS) is 20.5. The molecule has 1 aliphatic heterocycles. The van der Waals surface area contributed by atoms with Crippen molar-refractivity contribution in [3.05, 3.63) is 36.2 Å². The lowest BCUT2D eigenvalue weighted by Crippen LogP contribution is -2.37. The Hall–Kier alpha value is -2.79. The second kappa shape index (κ2) is 8.95. The lowest BCUT2D eigenvalue weighted by Gasteiger charge is -2.35. The van der Waals surface area contributed by atoms with Gasteiger partial charge in [0, 0.05) is 36.6 Å². The summed E-state index contributed by atoms with van der Waals surface area (Å²) in [6, 6.07) is 5.31. The van der Waals surface area contributed by atoms with E-state index in [-0.39, 0.29) is 31.2 Å². The molecule has 2 aliphatic carbocycles. The maximum Gasteiger partial charge on any atom is 0.258 e. The molecule has 6 rings (SSSR count). The van der Waals surface area contributed by atoms with Crippen molar-refractivity contribution in [1.29, 1.82) is 0 Å². The minimum absolute atomic E-state index is 0.0880. The molecule has 0 bridgehead atoms. The molecule has 36 heavy (non-hydrogen) atoms. The smallest absolute Gasteiger partial charge is 0.258 e. The molecule has 3 aliphatic rings. The van der Waals surface area contributed by atoms with E-state index in [4.69, 9.17) is 0 Å². The zero-order valence-corrected chi connectivity index (χ0v) is 20.6. The van der Waals surface area contributed by atoms with Gasteiger partial charge in [-0.15, -0.1) is 11.8 Å². The number of benzene rings is 1. The number of amides is 1. The number of anilines is 2. The Morgan fingerprint density at radius 3 is 2.64 bits per heavy atom. The number of halogens is 2. The number of alkyl halides is 2. The molecule has 0 unspecified atom stereocenters. The number of hydrogen-bond acceptors (Lipinski definition) is 7. The van der Waals surface area contributed by atoms with Crippen LogP contribution in [0.25, 0.3) is 11.2 Å². The molecule has 3 aromatic rings. The number of carbonyl (C=O) groups excluding carboxylic acids is 1. The van der Waals surface area contributed by atoms with Crippen LogP contribution >= 0.6 is 11.8 Å². The van der Waals surface area contributed by atoms with Crippen LogP contribution in [0.2, 0.25) is 0 Å². The molecule has 1 amide bonds. The molecule has 8 nitrogen and oxygen atoms in total. The Bertz CT molecular complexity index is 1290. The summed E-state index contributed by atoms with van der Waals surface area (Å²) in [5.41, 5.74) is 2.82. The Balaban J connectivity index is 1.25. The maximum atomic E-state index is 13.4. The van der Waals surface area contributed by atoms with Crippen LogP contribution in [0.5, 0.6) is 0 Å². The average molecular weight is 515 g/mol. The third-order valence-corrected chi connectivity index (χ3v) is 8.63. The van der Waals surface area contributed by atoms with Crippen LogP contribution in [0.3, 0.4) is 0 Å². The van der Waals surface area contributed by atoms with Crippen molar-refractivity contribution >= 4 is 40.3 Å². The standard InChI is InChI=1S/C25H28F2N6O2S/c26-25(27)12-16(13-25)33-22-19(14-29-33)28-15-21(30-22)31-23(35)18-2-1-17(36-10-9-34)11-20(18)32-7-5-24(3-4-24)6-8-32/h1-2,11,14-16,34H,3-10,12-13H2,(H,30,31,35). The summed E-state index contributed by atoms with van der Waals surface area (Å²) in [6.45, 7) is 1.90. The predicted molar refractivity (Wildman–Crippen MR) is 134 cm³/mol. The summed E-state index contributed by atoms with van der Waals surface area (Å²) in [6.07, 6.45) is 7.29. The van der Waals surface area contributed by atoms with Gasteiger partial charge in [0.1, 0.15) is 5.52 Å². The summed E-state index contributed by atoms with van der Waals surface area (Å²) < 4.78 is 28.3. The highest BCUT2D eigenvalue weighted by atomic mass is 32.2. The van der Waals surface area contributed by atoms with E-state index in [1.807, 2.05) is 18.2 Å². The number of aliphatic hydroxyl groups excluding tert-OH is 1. The number of fused-ring (bicyclic) bond motifs is 1. The highest BCUT2D eigenvalue weighted by molar-refractivity contribution is 7.99. The second-order valence-corrected chi connectivity index (χ2v) is 11.3. The first kappa shape index (κ1) is 23.6. The van der Waals surface area contributed by atoms with Gasteiger partial charge in [-0.1, -0.05) is 0 Å². The van der Waals surface area contributed by atoms with Gasteiger partial charge in [-0.2, -0.15) is 5.10 Å². The Kier molecular flexibility index (Phi) is 5.87. The molecule has 3 heterocycles. The second-order valence-electron chi connectivity index (χ2n) is 10.2. The number of hydrogen-bond donors (Lipinski definition) is 2. The highest BCUT2D eigenvalue weighted by Crippen LogP contribution is 2.54. The molecule has 0 radical (unpaired) electrons. The van der Waals surface area contributed by atoms with E-state index in [1.165, 1.54) is 29.9 Å². The third kappa shape index (κ3) is 4.54. The zero-order chi connectivity index (χ0) is 24.9. The van der Waals surface area contributed by atoms with Crippen LogP contribution in [0, 0.1) is 5.41 Å². The molecule has 2 N–H and O–H groups in total. The van der Waals surface area contributed by atoms with Gasteiger partial charge in [-0.25, -0.2) is 23.4 Å². The van der Waals surface area contributed by atoms with Gasteiger partial charge in [0.05, 0.1) is 36.3 Å². The number of rotatable bonds is 7. The molecule has 11 heteroatoms. The lowest BCUT2D eigenvalue weighted by atomic mass is 9.88. The van der Waals surface area contributed by atoms with Crippen molar-refractivity contribution in [1.82, 2.24) is 19.7 Å². The van der Waals surface area contributed by atoms with E-state index in [2.05, 4.69) is 25.3 Å². The molecule has 3 fully saturated rings. The van der Waals surface area contributed by atoms with Crippen LogP contribution in [-0.4, -0.2) is 62.1 Å². The SMILES string of the molecule is O=C(Nc1cnc2cnn(C3CC(F)(F)C3)c2n1)c1ccc(SCCO)cc1N1CCC2(CC1)CC2. The number of piperidine rings is 1. The zero-order valence-electron chi connectivity index (χ0n) is 19.8. The molecule has 1 saturated heterocycles. The van der Waals surface area contributed by atoms with E-state index >= 15 is 0 Å². The molecular weight excluding hydrogens is 486 g/mol. The molecule has 2 aromatic heterocycles. The number of aromatic nitrogens is 4. The van der Waals surface area contributed by atoms with E-state index in [0.717, 1.165) is 36.5 Å². The average Bonchev–Trinajstić information content (AvgIpc) is 3.48. The molecule has 0 atom stereocenters. The molecule has 190 valence electrons. The number of aliphatic hydroxyl groups is 1. The Labute approximate surface area is 211 Å². The highest BCUT2D eigenvalue weighted by Gasteiger charge is 2.47. The number of nitrogens with one attached hydrogen (secondary N) is 1. The van der Waals surface area contributed by atoms with Gasteiger partial charge in [0.25, 0.3) is 11.8 Å². The third-order valence-electron chi connectivity index (χ3n) is 7.65. The van der Waals surface area contributed by atoms with Crippen molar-refractivity contribution in [2.75, 3.05) is 35.7 Å². The van der Waals surface area contributed by atoms with Crippen molar-refractivity contribution in [3.8, 4) is 0 Å². The van der Waals surface area contributed by atoms with Crippen LogP contribution in [0.15, 0.2) is 35.5 Å². The monoisotopic (exact) mass is 514 g/mol. The van der Waals surface area contributed by atoms with E-state index in [1.54, 1.807) is 11.8 Å². The molecular formula is C25H28F2N6O2S. The fourth-order valence-corrected chi connectivity index (χ4v) is 5.94. The van der Waals surface area contributed by atoms with Crippen LogP contribution in [-0.2, 0) is 0 Å². The topological polar surface area (TPSA) is 96.2 Å². The van der Waals surface area contributed by atoms with E-state index in [0.29, 0.717) is 27.9 Å². The summed E-state index contributed by atoms with van der Waals surface area (Å²) in [5.74, 6) is -2.14. The van der Waals surface area contributed by atoms with Gasteiger partial charge in [-0.3, -0.25) is 4.79 Å². The first-order valence-corrected chi connectivity index (χ1v) is 13.4. The number of nitrogens with zero attached hydrogens (tertiary/aromatic N) is 5. The summed E-state index contributed by atoms with van der Waals surface area (Å²) >= 11 is 1.56. The maximum absolute atomic E-state index is 13.4. The van der Waals surface area contributed by atoms with Gasteiger partial charge in [-0.05, 0) is 49.3 Å². The van der Waals surface area contributed by atoms with Crippen LogP contribution in [0.1, 0.15) is 54.9 Å². The first-order valence-electron chi connectivity index (χ1n) is 12.4. The fraction of sp³-hybridized carbons (Fsp3) is 0.520. The number of carbonyl (C=O) groups is 1. The van der Waals surface area contributed by atoms with Gasteiger partial charge >= 0.3 is 0 Å². The summed E-state index contributed by atoms with van der Waals surface area (Å²) in [5, 5.41) is 16.3. The Morgan fingerprint density at radius 1 is 1.17 bits per heavy atom. The van der Waals surface area contributed by atoms with Gasteiger partial charge < -0.3 is 15.3 Å². The van der Waals surface area contributed by atoms with Crippen molar-refractivity contribution in [2.45, 2.75) is 55.4 Å². The minimum Gasteiger partial charge on any atom is -0.396 e. The largest absolute Gasteiger partial charge is 0.396 e. The van der Waals surface area contributed by atoms with Gasteiger partial charge in [0.2, 0.25) is 0 Å². The first-order chi connectivity index (χ1) is 17.3. The minimum atomic E-state index is -2.67. The van der Waals surface area contributed by atoms with E-state index in [9.17, 15) is 18.7 Å². The summed E-state index contributed by atoms with van der Waals surface area (Å²) in [7, 11) is 0. The van der Waals surface area contributed by atoms with Crippen LogP contribution in [0.4, 0.5) is 20.3 Å². The van der Waals surface area contributed by atoms with Crippen molar-refractivity contribution in [2.24, 2.45) is 5.41 Å². The number of thioether (sulfide) groups is 1. The predicted octanol–water partition coefficient (Wildman–Crippen LogP) is 4.51. The Morgan fingerprint density at radius 2 is 1.94 bits per heavy atom.